The van der Waals surface area contributed by atoms with Crippen LogP contribution in [0, 0.1) is 0 Å². The molecule has 1 atom stereocenters. The predicted molar refractivity (Wildman–Crippen MR) is 87.3 cm³/mol. The molecule has 0 N–H and O–H groups in total. The molecule has 1 aliphatic heterocycles. The van der Waals surface area contributed by atoms with E-state index in [2.05, 4.69) is 24.3 Å². The molecule has 2 aromatic carbocycles. The Bertz CT molecular complexity index is 633. The van der Waals surface area contributed by atoms with Gasteiger partial charge in [0.05, 0.1) is 0 Å². The monoisotopic (exact) mass is 295 g/mol. The second kappa shape index (κ2) is 6.75. The Morgan fingerprint density at radius 2 is 1.86 bits per heavy atom. The maximum atomic E-state index is 12.4. The van der Waals surface area contributed by atoms with E-state index in [4.69, 9.17) is 4.74 Å². The molecule has 0 unspecified atom stereocenters. The number of amides is 1. The Hall–Kier alpha value is -2.13. The third kappa shape index (κ3) is 3.20. The smallest absolute Gasteiger partial charge is 0.251 e. The van der Waals surface area contributed by atoms with Crippen molar-refractivity contribution in [2.75, 3.05) is 13.7 Å². The molecular formula is C19H21NO2. The van der Waals surface area contributed by atoms with Crippen LogP contribution in [0.25, 0.3) is 11.1 Å². The SMILES string of the molecule is CN(Cc1ccccc1-c1ccccc1)C(=O)[C@H]1CCCO1. The molecule has 0 spiro atoms. The van der Waals surface area contributed by atoms with Gasteiger partial charge in [-0.25, -0.2) is 0 Å². The molecule has 3 rings (SSSR count). The molecule has 0 bridgehead atoms. The lowest BCUT2D eigenvalue weighted by atomic mass is 9.99. The largest absolute Gasteiger partial charge is 0.368 e. The van der Waals surface area contributed by atoms with Crippen molar-refractivity contribution >= 4 is 5.91 Å². The molecule has 1 fully saturated rings. The minimum Gasteiger partial charge on any atom is -0.368 e. The summed E-state index contributed by atoms with van der Waals surface area (Å²) in [6.45, 7) is 1.30. The molecule has 114 valence electrons. The lowest BCUT2D eigenvalue weighted by Gasteiger charge is -2.22. The van der Waals surface area contributed by atoms with E-state index in [0.29, 0.717) is 13.2 Å². The molecular weight excluding hydrogens is 274 g/mol. The zero-order valence-corrected chi connectivity index (χ0v) is 12.9. The molecule has 3 heteroatoms. The first-order chi connectivity index (χ1) is 10.8. The minimum absolute atomic E-state index is 0.0837. The fourth-order valence-corrected chi connectivity index (χ4v) is 2.91. The predicted octanol–water partition coefficient (Wildman–Crippen LogP) is 3.49. The van der Waals surface area contributed by atoms with Crippen molar-refractivity contribution in [3.63, 3.8) is 0 Å². The van der Waals surface area contributed by atoms with E-state index in [1.54, 1.807) is 4.90 Å². The highest BCUT2D eigenvalue weighted by Gasteiger charge is 2.26. The normalized spacial score (nSPS) is 17.4. The molecule has 0 aromatic heterocycles. The van der Waals surface area contributed by atoms with Gasteiger partial charge < -0.3 is 9.64 Å². The van der Waals surface area contributed by atoms with Crippen molar-refractivity contribution in [2.24, 2.45) is 0 Å². The van der Waals surface area contributed by atoms with E-state index in [9.17, 15) is 4.79 Å². The molecule has 1 aliphatic rings. The first kappa shape index (κ1) is 14.8. The average Bonchev–Trinajstić information content (AvgIpc) is 3.10. The van der Waals surface area contributed by atoms with Gasteiger partial charge in [-0.2, -0.15) is 0 Å². The van der Waals surface area contributed by atoms with Crippen LogP contribution in [0.1, 0.15) is 18.4 Å². The van der Waals surface area contributed by atoms with E-state index in [-0.39, 0.29) is 12.0 Å². The first-order valence-corrected chi connectivity index (χ1v) is 7.75. The van der Waals surface area contributed by atoms with Crippen LogP contribution < -0.4 is 0 Å². The molecule has 1 saturated heterocycles. The van der Waals surface area contributed by atoms with Crippen LogP contribution in [0.5, 0.6) is 0 Å². The van der Waals surface area contributed by atoms with Crippen LogP contribution in [-0.4, -0.2) is 30.6 Å². The highest BCUT2D eigenvalue weighted by molar-refractivity contribution is 5.81. The summed E-state index contributed by atoms with van der Waals surface area (Å²) < 4.78 is 5.50. The van der Waals surface area contributed by atoms with Gasteiger partial charge in [0.1, 0.15) is 6.10 Å². The quantitative estimate of drug-likeness (QED) is 0.864. The van der Waals surface area contributed by atoms with Gasteiger partial charge in [0.15, 0.2) is 0 Å². The Labute approximate surface area is 131 Å². The summed E-state index contributed by atoms with van der Waals surface area (Å²) in [7, 11) is 1.85. The topological polar surface area (TPSA) is 29.5 Å². The van der Waals surface area contributed by atoms with Crippen LogP contribution in [0.2, 0.25) is 0 Å². The van der Waals surface area contributed by atoms with Gasteiger partial charge in [0.2, 0.25) is 0 Å². The minimum atomic E-state index is -0.256. The Balaban J connectivity index is 1.79. The maximum absolute atomic E-state index is 12.4. The summed E-state index contributed by atoms with van der Waals surface area (Å²) >= 11 is 0. The van der Waals surface area contributed by atoms with Crippen molar-refractivity contribution in [3.8, 4) is 11.1 Å². The Kier molecular flexibility index (Phi) is 4.54. The molecule has 0 saturated carbocycles. The van der Waals surface area contributed by atoms with E-state index in [1.165, 1.54) is 11.1 Å². The van der Waals surface area contributed by atoms with E-state index >= 15 is 0 Å². The van der Waals surface area contributed by atoms with Gasteiger partial charge in [-0.3, -0.25) is 4.79 Å². The standard InChI is InChI=1S/C19H21NO2/c1-20(19(21)18-12-7-13-22-18)14-16-10-5-6-11-17(16)15-8-3-2-4-9-15/h2-6,8-11,18H,7,12-14H2,1H3/t18-/m1/s1. The molecule has 0 aliphatic carbocycles. The van der Waals surface area contributed by atoms with E-state index in [0.717, 1.165) is 18.4 Å². The summed E-state index contributed by atoms with van der Waals surface area (Å²) in [5.41, 5.74) is 3.51. The highest BCUT2D eigenvalue weighted by atomic mass is 16.5. The molecule has 1 heterocycles. The lowest BCUT2D eigenvalue weighted by Crippen LogP contribution is -2.35. The van der Waals surface area contributed by atoms with Crippen LogP contribution in [0.15, 0.2) is 54.6 Å². The number of carbonyl (C=O) groups excluding carboxylic acids is 1. The number of carbonyl (C=O) groups is 1. The zero-order chi connectivity index (χ0) is 15.4. The van der Waals surface area contributed by atoms with Crippen molar-refractivity contribution in [2.45, 2.75) is 25.5 Å². The van der Waals surface area contributed by atoms with Gasteiger partial charge >= 0.3 is 0 Å². The van der Waals surface area contributed by atoms with Crippen LogP contribution in [-0.2, 0) is 16.1 Å². The molecule has 3 nitrogen and oxygen atoms in total. The second-order valence-electron chi connectivity index (χ2n) is 5.72. The van der Waals surface area contributed by atoms with Crippen LogP contribution in [0.3, 0.4) is 0 Å². The second-order valence-corrected chi connectivity index (χ2v) is 5.72. The fraction of sp³-hybridized carbons (Fsp3) is 0.316. The number of ether oxygens (including phenoxy) is 1. The lowest BCUT2D eigenvalue weighted by molar-refractivity contribution is -0.140. The molecule has 2 aromatic rings. The summed E-state index contributed by atoms with van der Waals surface area (Å²) in [5, 5.41) is 0. The van der Waals surface area contributed by atoms with Gasteiger partial charge in [0.25, 0.3) is 5.91 Å². The van der Waals surface area contributed by atoms with E-state index in [1.807, 2.05) is 37.4 Å². The molecule has 22 heavy (non-hydrogen) atoms. The number of likely N-dealkylation sites (N-methyl/N-ethyl adjacent to an activating group) is 1. The van der Waals surface area contributed by atoms with Crippen molar-refractivity contribution in [1.82, 2.24) is 4.90 Å². The summed E-state index contributed by atoms with van der Waals surface area (Å²) in [5.74, 6) is 0.0837. The molecule has 1 amide bonds. The van der Waals surface area contributed by atoms with Gasteiger partial charge in [0, 0.05) is 20.2 Å². The Morgan fingerprint density at radius 3 is 2.59 bits per heavy atom. The Morgan fingerprint density at radius 1 is 1.14 bits per heavy atom. The van der Waals surface area contributed by atoms with Crippen molar-refractivity contribution in [1.29, 1.82) is 0 Å². The van der Waals surface area contributed by atoms with Crippen LogP contribution in [0.4, 0.5) is 0 Å². The third-order valence-corrected chi connectivity index (χ3v) is 4.09. The van der Waals surface area contributed by atoms with Gasteiger partial charge in [-0.15, -0.1) is 0 Å². The van der Waals surface area contributed by atoms with Crippen LogP contribution >= 0.6 is 0 Å². The molecule has 0 radical (unpaired) electrons. The number of hydrogen-bond acceptors (Lipinski definition) is 2. The summed E-state index contributed by atoms with van der Waals surface area (Å²) in [6, 6.07) is 18.5. The fourth-order valence-electron chi connectivity index (χ4n) is 2.91. The van der Waals surface area contributed by atoms with E-state index < -0.39 is 0 Å². The third-order valence-electron chi connectivity index (χ3n) is 4.09. The number of rotatable bonds is 4. The van der Waals surface area contributed by atoms with Crippen molar-refractivity contribution in [3.05, 3.63) is 60.2 Å². The van der Waals surface area contributed by atoms with Gasteiger partial charge in [-0.1, -0.05) is 54.6 Å². The zero-order valence-electron chi connectivity index (χ0n) is 12.9. The number of benzene rings is 2. The summed E-state index contributed by atoms with van der Waals surface area (Å²) in [6.07, 6.45) is 1.56. The van der Waals surface area contributed by atoms with Gasteiger partial charge in [-0.05, 0) is 29.5 Å². The highest BCUT2D eigenvalue weighted by Crippen LogP contribution is 2.25. The number of hydrogen-bond donors (Lipinski definition) is 0. The summed E-state index contributed by atoms with van der Waals surface area (Å²) in [4.78, 5) is 14.2. The first-order valence-electron chi connectivity index (χ1n) is 7.75. The number of nitrogens with zero attached hydrogens (tertiary/aromatic N) is 1. The van der Waals surface area contributed by atoms with Crippen molar-refractivity contribution < 1.29 is 9.53 Å². The maximum Gasteiger partial charge on any atom is 0.251 e. The average molecular weight is 295 g/mol.